The van der Waals surface area contributed by atoms with Crippen LogP contribution in [0.2, 0.25) is 0 Å². The summed E-state index contributed by atoms with van der Waals surface area (Å²) in [7, 11) is 0. The van der Waals surface area contributed by atoms with E-state index in [9.17, 15) is 8.78 Å². The number of benzene rings is 2. The van der Waals surface area contributed by atoms with Crippen LogP contribution in [0.5, 0.6) is 5.75 Å². The maximum absolute atomic E-state index is 13.8. The first-order valence-corrected chi connectivity index (χ1v) is 11.0. The van der Waals surface area contributed by atoms with E-state index in [2.05, 4.69) is 17.1 Å². The van der Waals surface area contributed by atoms with E-state index in [1.807, 2.05) is 0 Å². The van der Waals surface area contributed by atoms with Gasteiger partial charge in [0.05, 0.1) is 18.0 Å². The molecule has 0 spiro atoms. The van der Waals surface area contributed by atoms with Crippen LogP contribution in [0.15, 0.2) is 29.3 Å². The van der Waals surface area contributed by atoms with Gasteiger partial charge in [-0.15, -0.1) is 0 Å². The lowest BCUT2D eigenvalue weighted by Gasteiger charge is -2.16. The average Bonchev–Trinajstić information content (AvgIpc) is 3.45. The fourth-order valence-electron chi connectivity index (χ4n) is 5.57. The van der Waals surface area contributed by atoms with Crippen LogP contribution >= 0.6 is 0 Å². The molecule has 1 atom stereocenters. The van der Waals surface area contributed by atoms with Crippen LogP contribution in [0.3, 0.4) is 0 Å². The lowest BCUT2D eigenvalue weighted by atomic mass is 9.93. The van der Waals surface area contributed by atoms with Crippen LogP contribution in [-0.2, 0) is 19.3 Å². The quantitative estimate of drug-likeness (QED) is 0.602. The monoisotopic (exact) mass is 406 g/mol. The Hall–Kier alpha value is -2.69. The molecule has 0 saturated carbocycles. The van der Waals surface area contributed by atoms with E-state index in [4.69, 9.17) is 9.73 Å². The number of aryl methyl sites for hydroxylation is 2. The summed E-state index contributed by atoms with van der Waals surface area (Å²) in [6.07, 6.45) is 7.08. The molecule has 1 N–H and O–H groups in total. The van der Waals surface area contributed by atoms with Crippen molar-refractivity contribution < 1.29 is 13.5 Å². The molecule has 1 aromatic heterocycles. The predicted octanol–water partition coefficient (Wildman–Crippen LogP) is 5.63. The molecule has 6 rings (SSSR count). The third-order valence-electron chi connectivity index (χ3n) is 7.01. The van der Waals surface area contributed by atoms with Gasteiger partial charge in [0.15, 0.2) is 11.6 Å². The van der Waals surface area contributed by atoms with Gasteiger partial charge >= 0.3 is 0 Å². The minimum atomic E-state index is -0.811. The number of rotatable bonds is 3. The lowest BCUT2D eigenvalue weighted by molar-refractivity contribution is 0.351. The third kappa shape index (κ3) is 2.78. The zero-order valence-corrected chi connectivity index (χ0v) is 16.9. The summed E-state index contributed by atoms with van der Waals surface area (Å²) in [6.45, 7) is 1.56. The number of nitrogens with one attached hydrogen (secondary N) is 1. The molecular formula is C25H24F2N2O. The molecule has 3 aromatic rings. The molecule has 0 fully saturated rings. The number of hydrogen-bond donors (Lipinski definition) is 1. The molecule has 3 nitrogen and oxygen atoms in total. The second-order valence-corrected chi connectivity index (χ2v) is 8.72. The Bertz CT molecular complexity index is 1190. The molecule has 2 aromatic carbocycles. The zero-order valence-electron chi connectivity index (χ0n) is 16.9. The van der Waals surface area contributed by atoms with Crippen molar-refractivity contribution in [3.05, 3.63) is 63.8 Å². The highest BCUT2D eigenvalue weighted by Gasteiger charge is 2.30. The van der Waals surface area contributed by atoms with Gasteiger partial charge in [-0.2, -0.15) is 0 Å². The van der Waals surface area contributed by atoms with Crippen molar-refractivity contribution in [3.63, 3.8) is 0 Å². The molecule has 30 heavy (non-hydrogen) atoms. The van der Waals surface area contributed by atoms with E-state index in [-0.39, 0.29) is 0 Å². The Morgan fingerprint density at radius 3 is 2.83 bits per heavy atom. The van der Waals surface area contributed by atoms with Crippen LogP contribution in [0, 0.1) is 11.6 Å². The Labute approximate surface area is 174 Å². The Morgan fingerprint density at radius 1 is 1.03 bits per heavy atom. The number of halogens is 2. The number of aromatic amines is 1. The zero-order chi connectivity index (χ0) is 20.2. The summed E-state index contributed by atoms with van der Waals surface area (Å²) >= 11 is 0. The summed E-state index contributed by atoms with van der Waals surface area (Å²) in [4.78, 5) is 8.26. The lowest BCUT2D eigenvalue weighted by Crippen LogP contribution is -2.12. The van der Waals surface area contributed by atoms with Crippen molar-refractivity contribution in [1.82, 2.24) is 4.98 Å². The molecule has 154 valence electrons. The molecule has 1 unspecified atom stereocenters. The molecule has 1 aliphatic heterocycles. The molecule has 0 amide bonds. The summed E-state index contributed by atoms with van der Waals surface area (Å²) in [6, 6.07) is 7.09. The maximum Gasteiger partial charge on any atom is 0.160 e. The van der Waals surface area contributed by atoms with E-state index in [0.717, 1.165) is 86.2 Å². The van der Waals surface area contributed by atoms with Crippen molar-refractivity contribution in [3.8, 4) is 5.75 Å². The molecule has 0 bridgehead atoms. The van der Waals surface area contributed by atoms with Gasteiger partial charge in [-0.05, 0) is 67.2 Å². The standard InChI is InChI=1S/C25H24F2N2O/c26-19-12-18-17-2-1-3-21(24(17)29-22(18)13-20(19)27)28-10-8-15-5-4-14-6-7-16-9-11-30-25(16)23(14)15/h6-7,12-13,15,29H,1-5,8-11H2. The van der Waals surface area contributed by atoms with Crippen LogP contribution in [-0.4, -0.2) is 23.8 Å². The topological polar surface area (TPSA) is 37.4 Å². The number of nitrogens with zero attached hydrogens (tertiary/aromatic N) is 1. The van der Waals surface area contributed by atoms with Gasteiger partial charge in [0, 0.05) is 35.5 Å². The van der Waals surface area contributed by atoms with Crippen molar-refractivity contribution in [1.29, 1.82) is 0 Å². The molecule has 0 saturated heterocycles. The first kappa shape index (κ1) is 18.1. The van der Waals surface area contributed by atoms with Gasteiger partial charge in [0.1, 0.15) is 5.75 Å². The predicted molar refractivity (Wildman–Crippen MR) is 114 cm³/mol. The van der Waals surface area contributed by atoms with Crippen LogP contribution in [0.4, 0.5) is 8.78 Å². The summed E-state index contributed by atoms with van der Waals surface area (Å²) in [5.74, 6) is 0.0471. The van der Waals surface area contributed by atoms with Gasteiger partial charge in [-0.1, -0.05) is 12.1 Å². The van der Waals surface area contributed by atoms with Gasteiger partial charge in [0.2, 0.25) is 0 Å². The first-order chi connectivity index (χ1) is 14.7. The van der Waals surface area contributed by atoms with E-state index < -0.39 is 11.6 Å². The van der Waals surface area contributed by atoms with Crippen molar-refractivity contribution in [2.45, 2.75) is 50.9 Å². The Balaban J connectivity index is 1.26. The number of H-pyrrole nitrogens is 1. The van der Waals surface area contributed by atoms with Gasteiger partial charge in [0.25, 0.3) is 0 Å². The highest BCUT2D eigenvalue weighted by Crippen LogP contribution is 2.45. The smallest absolute Gasteiger partial charge is 0.160 e. The van der Waals surface area contributed by atoms with Gasteiger partial charge < -0.3 is 9.72 Å². The summed E-state index contributed by atoms with van der Waals surface area (Å²) in [5, 5.41) is 0.786. The van der Waals surface area contributed by atoms with Gasteiger partial charge in [-0.3, -0.25) is 4.99 Å². The molecule has 3 aliphatic rings. The second-order valence-electron chi connectivity index (χ2n) is 8.72. The van der Waals surface area contributed by atoms with E-state index >= 15 is 0 Å². The molecule has 0 radical (unpaired) electrons. The van der Waals surface area contributed by atoms with Gasteiger partial charge in [-0.25, -0.2) is 8.78 Å². The molecule has 2 aliphatic carbocycles. The molecule has 2 heterocycles. The number of aromatic nitrogens is 1. The summed E-state index contributed by atoms with van der Waals surface area (Å²) < 4.78 is 33.4. The highest BCUT2D eigenvalue weighted by molar-refractivity contribution is 6.06. The van der Waals surface area contributed by atoms with E-state index in [1.54, 1.807) is 0 Å². The Morgan fingerprint density at radius 2 is 1.90 bits per heavy atom. The van der Waals surface area contributed by atoms with Crippen molar-refractivity contribution in [2.24, 2.45) is 4.99 Å². The van der Waals surface area contributed by atoms with Crippen molar-refractivity contribution >= 4 is 16.6 Å². The van der Waals surface area contributed by atoms with Crippen LogP contribution < -0.4 is 4.74 Å². The normalized spacial score (nSPS) is 21.0. The number of ether oxygens (including phenoxy) is 1. The number of hydrogen-bond acceptors (Lipinski definition) is 2. The maximum atomic E-state index is 13.8. The minimum Gasteiger partial charge on any atom is -0.493 e. The van der Waals surface area contributed by atoms with E-state index in [0.29, 0.717) is 11.4 Å². The largest absolute Gasteiger partial charge is 0.493 e. The minimum absolute atomic E-state index is 0.506. The molecule has 5 heteroatoms. The van der Waals surface area contributed by atoms with Crippen molar-refractivity contribution in [2.75, 3.05) is 13.2 Å². The first-order valence-electron chi connectivity index (χ1n) is 11.0. The van der Waals surface area contributed by atoms with E-state index in [1.165, 1.54) is 28.8 Å². The average molecular weight is 406 g/mol. The third-order valence-corrected chi connectivity index (χ3v) is 7.01. The highest BCUT2D eigenvalue weighted by atomic mass is 19.2. The van der Waals surface area contributed by atoms with Crippen LogP contribution in [0.25, 0.3) is 10.9 Å². The second kappa shape index (κ2) is 6.93. The molecular weight excluding hydrogens is 382 g/mol. The fourth-order valence-corrected chi connectivity index (χ4v) is 5.57. The number of fused-ring (bicyclic) bond motifs is 6. The fraction of sp³-hybridized carbons (Fsp3) is 0.400. The van der Waals surface area contributed by atoms with Crippen LogP contribution in [0.1, 0.15) is 59.5 Å². The summed E-state index contributed by atoms with van der Waals surface area (Å²) in [5.41, 5.74) is 7.95. The Kier molecular flexibility index (Phi) is 4.18. The SMILES string of the molecule is Fc1cc2[nH]c3c(c2cc1F)CCCC3=NCCC1CCc2ccc3c(c21)OCC3. The number of aliphatic imine (C=N–C) groups is 1.